The minimum atomic E-state index is -0.317. The van der Waals surface area contributed by atoms with Crippen LogP contribution in [-0.2, 0) is 4.74 Å². The van der Waals surface area contributed by atoms with Crippen molar-refractivity contribution in [2.75, 3.05) is 27.3 Å². The Balaban J connectivity index is 2.29. The molecule has 2 rings (SSSR count). The van der Waals surface area contributed by atoms with Crippen LogP contribution >= 0.6 is 15.9 Å². The minimum absolute atomic E-state index is 0.0585. The Morgan fingerprint density at radius 2 is 1.95 bits per heavy atom. The van der Waals surface area contributed by atoms with Crippen LogP contribution in [0.5, 0.6) is 0 Å². The lowest BCUT2D eigenvalue weighted by molar-refractivity contribution is 0.0786. The smallest absolute Gasteiger partial charge is 0.254 e. The molecule has 112 valence electrons. The summed E-state index contributed by atoms with van der Waals surface area (Å²) < 4.78 is 18.8. The monoisotopic (exact) mass is 353 g/mol. The second-order valence-corrected chi connectivity index (χ2v) is 6.17. The van der Waals surface area contributed by atoms with E-state index in [1.54, 1.807) is 43.3 Å². The predicted octanol–water partition coefficient (Wildman–Crippen LogP) is 3.46. The SMILES string of the molecule is COCC(Br)CN(C)C(=O)c1ccc(F)c2ccccc12. The molecule has 0 aliphatic carbocycles. The van der Waals surface area contributed by atoms with Crippen molar-refractivity contribution >= 4 is 32.6 Å². The third-order valence-electron chi connectivity index (χ3n) is 3.27. The molecule has 5 heteroatoms. The third kappa shape index (κ3) is 3.60. The van der Waals surface area contributed by atoms with Crippen LogP contribution in [0.3, 0.4) is 0 Å². The van der Waals surface area contributed by atoms with Crippen molar-refractivity contribution in [3.05, 3.63) is 47.8 Å². The summed E-state index contributed by atoms with van der Waals surface area (Å²) in [5.41, 5.74) is 0.506. The van der Waals surface area contributed by atoms with Gasteiger partial charge in [0.1, 0.15) is 5.82 Å². The Kier molecular flexibility index (Phi) is 5.31. The molecule has 0 saturated heterocycles. The Morgan fingerprint density at radius 1 is 1.29 bits per heavy atom. The maximum Gasteiger partial charge on any atom is 0.254 e. The van der Waals surface area contributed by atoms with E-state index in [9.17, 15) is 9.18 Å². The Morgan fingerprint density at radius 3 is 2.62 bits per heavy atom. The molecule has 0 aromatic heterocycles. The molecule has 0 N–H and O–H groups in total. The number of amides is 1. The molecule has 0 radical (unpaired) electrons. The first-order valence-corrected chi connectivity index (χ1v) is 7.52. The summed E-state index contributed by atoms with van der Waals surface area (Å²) in [5.74, 6) is -0.450. The molecule has 0 saturated carbocycles. The number of fused-ring (bicyclic) bond motifs is 1. The predicted molar refractivity (Wildman–Crippen MR) is 85.5 cm³/mol. The highest BCUT2D eigenvalue weighted by molar-refractivity contribution is 9.09. The van der Waals surface area contributed by atoms with Crippen LogP contribution in [0.4, 0.5) is 4.39 Å². The summed E-state index contributed by atoms with van der Waals surface area (Å²) in [6, 6.07) is 9.88. The number of alkyl halides is 1. The lowest BCUT2D eigenvalue weighted by atomic mass is 10.0. The number of hydrogen-bond donors (Lipinski definition) is 0. The van der Waals surface area contributed by atoms with Crippen LogP contribution in [0.15, 0.2) is 36.4 Å². The van der Waals surface area contributed by atoms with E-state index in [2.05, 4.69) is 15.9 Å². The number of hydrogen-bond acceptors (Lipinski definition) is 2. The zero-order valence-electron chi connectivity index (χ0n) is 12.0. The van der Waals surface area contributed by atoms with Crippen molar-refractivity contribution in [3.63, 3.8) is 0 Å². The van der Waals surface area contributed by atoms with Gasteiger partial charge in [-0.25, -0.2) is 4.39 Å². The van der Waals surface area contributed by atoms with E-state index >= 15 is 0 Å². The number of carbonyl (C=O) groups is 1. The van der Waals surface area contributed by atoms with Gasteiger partial charge in [0, 0.05) is 31.7 Å². The fourth-order valence-electron chi connectivity index (χ4n) is 2.27. The van der Waals surface area contributed by atoms with E-state index in [4.69, 9.17) is 4.74 Å². The molecule has 0 bridgehead atoms. The molecule has 0 aliphatic heterocycles. The summed E-state index contributed by atoms with van der Waals surface area (Å²) in [6.45, 7) is 1.03. The standard InChI is InChI=1S/C16H17BrFNO2/c1-19(9-11(17)10-21-2)16(20)14-7-8-15(18)13-6-4-3-5-12(13)14/h3-8,11H,9-10H2,1-2H3. The summed E-state index contributed by atoms with van der Waals surface area (Å²) in [4.78, 5) is 14.2. The maximum absolute atomic E-state index is 13.8. The van der Waals surface area contributed by atoms with Crippen molar-refractivity contribution in [1.29, 1.82) is 0 Å². The quantitative estimate of drug-likeness (QED) is 0.770. The van der Waals surface area contributed by atoms with Crippen molar-refractivity contribution in [1.82, 2.24) is 4.90 Å². The van der Waals surface area contributed by atoms with Gasteiger partial charge < -0.3 is 9.64 Å². The molecule has 1 amide bonds. The molecule has 21 heavy (non-hydrogen) atoms. The number of benzene rings is 2. The fourth-order valence-corrected chi connectivity index (χ4v) is 2.97. The topological polar surface area (TPSA) is 29.5 Å². The number of nitrogens with zero attached hydrogens (tertiary/aromatic N) is 1. The number of methoxy groups -OCH3 is 1. The molecule has 2 aromatic rings. The van der Waals surface area contributed by atoms with Gasteiger partial charge in [-0.15, -0.1) is 0 Å². The van der Waals surface area contributed by atoms with E-state index in [0.717, 1.165) is 0 Å². The van der Waals surface area contributed by atoms with Gasteiger partial charge in [0.05, 0.1) is 11.4 Å². The highest BCUT2D eigenvalue weighted by atomic mass is 79.9. The summed E-state index contributed by atoms with van der Waals surface area (Å²) in [5, 5.41) is 1.09. The molecule has 0 fully saturated rings. The molecule has 0 aliphatic rings. The van der Waals surface area contributed by atoms with Crippen LogP contribution in [0.25, 0.3) is 10.8 Å². The largest absolute Gasteiger partial charge is 0.383 e. The summed E-state index contributed by atoms with van der Waals surface area (Å²) in [6.07, 6.45) is 0. The lowest BCUT2D eigenvalue weighted by Gasteiger charge is -2.21. The average molecular weight is 354 g/mol. The highest BCUT2D eigenvalue weighted by Gasteiger charge is 2.18. The second kappa shape index (κ2) is 7.00. The zero-order chi connectivity index (χ0) is 15.4. The lowest BCUT2D eigenvalue weighted by Crippen LogP contribution is -2.33. The molecule has 0 spiro atoms. The zero-order valence-corrected chi connectivity index (χ0v) is 13.6. The van der Waals surface area contributed by atoms with Crippen molar-refractivity contribution < 1.29 is 13.9 Å². The van der Waals surface area contributed by atoms with Crippen LogP contribution in [-0.4, -0.2) is 42.9 Å². The third-order valence-corrected chi connectivity index (χ3v) is 3.82. The molecule has 0 heterocycles. The van der Waals surface area contributed by atoms with Gasteiger partial charge in [-0.1, -0.05) is 40.2 Å². The van der Waals surface area contributed by atoms with E-state index in [1.165, 1.54) is 12.1 Å². The molecule has 2 aromatic carbocycles. The van der Waals surface area contributed by atoms with Crippen LogP contribution in [0.2, 0.25) is 0 Å². The fraction of sp³-hybridized carbons (Fsp3) is 0.312. The number of halogens is 2. The van der Waals surface area contributed by atoms with Gasteiger partial charge in [0.15, 0.2) is 0 Å². The van der Waals surface area contributed by atoms with E-state index < -0.39 is 0 Å². The number of rotatable bonds is 5. The second-order valence-electron chi connectivity index (χ2n) is 4.88. The summed E-state index contributed by atoms with van der Waals surface area (Å²) >= 11 is 3.46. The van der Waals surface area contributed by atoms with Gasteiger partial charge in [0.2, 0.25) is 0 Å². The van der Waals surface area contributed by atoms with Gasteiger partial charge in [-0.2, -0.15) is 0 Å². The number of ether oxygens (including phenoxy) is 1. The normalized spacial score (nSPS) is 12.4. The Hall–Kier alpha value is -1.46. The van der Waals surface area contributed by atoms with Gasteiger partial charge >= 0.3 is 0 Å². The highest BCUT2D eigenvalue weighted by Crippen LogP contribution is 2.23. The molecule has 3 nitrogen and oxygen atoms in total. The average Bonchev–Trinajstić information content (AvgIpc) is 2.47. The van der Waals surface area contributed by atoms with Crippen molar-refractivity contribution in [3.8, 4) is 0 Å². The molecular weight excluding hydrogens is 337 g/mol. The van der Waals surface area contributed by atoms with E-state index in [1.807, 2.05) is 0 Å². The molecular formula is C16H17BrFNO2. The molecule has 1 unspecified atom stereocenters. The first-order chi connectivity index (χ1) is 10.0. The Labute approximate surface area is 131 Å². The van der Waals surface area contributed by atoms with Crippen LogP contribution in [0, 0.1) is 5.82 Å². The number of carbonyl (C=O) groups excluding carboxylic acids is 1. The first kappa shape index (κ1) is 15.9. The maximum atomic E-state index is 13.8. The van der Waals surface area contributed by atoms with Gasteiger partial charge in [0.25, 0.3) is 5.91 Å². The van der Waals surface area contributed by atoms with Gasteiger partial charge in [-0.3, -0.25) is 4.79 Å². The summed E-state index contributed by atoms with van der Waals surface area (Å²) in [7, 11) is 3.34. The van der Waals surface area contributed by atoms with E-state index in [-0.39, 0.29) is 16.6 Å². The van der Waals surface area contributed by atoms with Crippen LogP contribution in [0.1, 0.15) is 10.4 Å². The first-order valence-electron chi connectivity index (χ1n) is 6.60. The van der Waals surface area contributed by atoms with E-state index in [0.29, 0.717) is 29.5 Å². The van der Waals surface area contributed by atoms with Crippen molar-refractivity contribution in [2.24, 2.45) is 0 Å². The molecule has 1 atom stereocenters. The minimum Gasteiger partial charge on any atom is -0.383 e. The Bertz CT molecular complexity index is 647. The van der Waals surface area contributed by atoms with Gasteiger partial charge in [-0.05, 0) is 17.5 Å². The van der Waals surface area contributed by atoms with Crippen molar-refractivity contribution in [2.45, 2.75) is 4.83 Å². The van der Waals surface area contributed by atoms with Crippen LogP contribution < -0.4 is 0 Å².